The molecule has 0 spiro atoms. The average Bonchev–Trinajstić information content (AvgIpc) is 2.55. The number of anilines is 1. The Morgan fingerprint density at radius 3 is 2.39 bits per heavy atom. The van der Waals surface area contributed by atoms with E-state index in [1.54, 1.807) is 0 Å². The Bertz CT molecular complexity index is 588. The Labute approximate surface area is 143 Å². The lowest BCUT2D eigenvalue weighted by molar-refractivity contribution is -0.117. The van der Waals surface area contributed by atoms with E-state index in [2.05, 4.69) is 12.2 Å². The molecule has 0 bridgehead atoms. The van der Waals surface area contributed by atoms with Gasteiger partial charge in [-0.2, -0.15) is 0 Å². The minimum atomic E-state index is -0.571. The van der Waals surface area contributed by atoms with Crippen LogP contribution in [0.2, 0.25) is 0 Å². The third kappa shape index (κ3) is 6.30. The highest BCUT2D eigenvalue weighted by atomic mass is 35.5. The molecule has 3 N–H and O–H groups in total. The predicted molar refractivity (Wildman–Crippen MR) is 96.2 cm³/mol. The minimum absolute atomic E-state index is 0. The molecular formula is C18H23ClN2O2. The van der Waals surface area contributed by atoms with Crippen molar-refractivity contribution in [2.75, 3.05) is 11.9 Å². The fourth-order valence-electron chi connectivity index (χ4n) is 2.05. The molecule has 5 heteroatoms. The number of ether oxygens (including phenoxy) is 1. The van der Waals surface area contributed by atoms with Crippen molar-refractivity contribution in [2.45, 2.75) is 25.8 Å². The number of benzene rings is 2. The highest BCUT2D eigenvalue weighted by Gasteiger charge is 2.14. The second kappa shape index (κ2) is 9.87. The van der Waals surface area contributed by atoms with E-state index in [0.29, 0.717) is 13.0 Å². The highest BCUT2D eigenvalue weighted by Crippen LogP contribution is 2.16. The van der Waals surface area contributed by atoms with Gasteiger partial charge in [-0.15, -0.1) is 12.4 Å². The number of nitrogens with two attached hydrogens (primary N) is 1. The maximum Gasteiger partial charge on any atom is 0.241 e. The summed E-state index contributed by atoms with van der Waals surface area (Å²) in [5.41, 5.74) is 7.73. The van der Waals surface area contributed by atoms with E-state index in [-0.39, 0.29) is 18.3 Å². The van der Waals surface area contributed by atoms with Crippen LogP contribution in [-0.2, 0) is 11.2 Å². The van der Waals surface area contributed by atoms with Crippen LogP contribution in [0.25, 0.3) is 0 Å². The fraction of sp³-hybridized carbons (Fsp3) is 0.278. The minimum Gasteiger partial charge on any atom is -0.494 e. The SMILES string of the molecule is CCCOc1ccc(NC(=O)[C@@H](N)Cc2ccccc2)cc1.Cl. The third-order valence-electron chi connectivity index (χ3n) is 3.23. The van der Waals surface area contributed by atoms with Crippen molar-refractivity contribution in [3.63, 3.8) is 0 Å². The van der Waals surface area contributed by atoms with Crippen LogP contribution in [0.1, 0.15) is 18.9 Å². The van der Waals surface area contributed by atoms with Crippen molar-refractivity contribution in [2.24, 2.45) is 5.73 Å². The molecule has 2 aromatic rings. The zero-order valence-electron chi connectivity index (χ0n) is 13.2. The van der Waals surface area contributed by atoms with Crippen LogP contribution in [0.4, 0.5) is 5.69 Å². The summed E-state index contributed by atoms with van der Waals surface area (Å²) in [4.78, 5) is 12.1. The molecule has 4 nitrogen and oxygen atoms in total. The van der Waals surface area contributed by atoms with Gasteiger partial charge in [-0.3, -0.25) is 4.79 Å². The molecule has 0 aliphatic heterocycles. The molecule has 1 atom stereocenters. The third-order valence-corrected chi connectivity index (χ3v) is 3.23. The van der Waals surface area contributed by atoms with Crippen LogP contribution in [0.15, 0.2) is 54.6 Å². The second-order valence-corrected chi connectivity index (χ2v) is 5.16. The average molecular weight is 335 g/mol. The van der Waals surface area contributed by atoms with E-state index in [1.807, 2.05) is 54.6 Å². The number of hydrogen-bond donors (Lipinski definition) is 2. The van der Waals surface area contributed by atoms with Gasteiger partial charge in [-0.25, -0.2) is 0 Å². The normalized spacial score (nSPS) is 11.2. The number of rotatable bonds is 7. The molecule has 124 valence electrons. The van der Waals surface area contributed by atoms with Gasteiger partial charge >= 0.3 is 0 Å². The highest BCUT2D eigenvalue weighted by molar-refractivity contribution is 5.94. The largest absolute Gasteiger partial charge is 0.494 e. The van der Waals surface area contributed by atoms with Gasteiger partial charge in [0.2, 0.25) is 5.91 Å². The Balaban J connectivity index is 0.00000264. The van der Waals surface area contributed by atoms with Crippen LogP contribution < -0.4 is 15.8 Å². The van der Waals surface area contributed by atoms with E-state index in [0.717, 1.165) is 23.4 Å². The van der Waals surface area contributed by atoms with Crippen molar-refractivity contribution >= 4 is 24.0 Å². The maximum atomic E-state index is 12.1. The van der Waals surface area contributed by atoms with E-state index in [1.165, 1.54) is 0 Å². The molecule has 0 aliphatic carbocycles. The first-order valence-corrected chi connectivity index (χ1v) is 7.52. The number of amides is 1. The summed E-state index contributed by atoms with van der Waals surface area (Å²) < 4.78 is 5.50. The summed E-state index contributed by atoms with van der Waals surface area (Å²) >= 11 is 0. The molecule has 1 amide bonds. The van der Waals surface area contributed by atoms with Gasteiger partial charge in [0.25, 0.3) is 0 Å². The first kappa shape index (κ1) is 19.0. The van der Waals surface area contributed by atoms with E-state index >= 15 is 0 Å². The molecule has 23 heavy (non-hydrogen) atoms. The zero-order valence-corrected chi connectivity index (χ0v) is 14.0. The van der Waals surface area contributed by atoms with Crippen molar-refractivity contribution in [3.8, 4) is 5.75 Å². The maximum absolute atomic E-state index is 12.1. The fourth-order valence-corrected chi connectivity index (χ4v) is 2.05. The number of halogens is 1. The van der Waals surface area contributed by atoms with Crippen molar-refractivity contribution in [1.29, 1.82) is 0 Å². The molecular weight excluding hydrogens is 312 g/mol. The van der Waals surface area contributed by atoms with Gasteiger partial charge in [0.05, 0.1) is 12.6 Å². The molecule has 0 aromatic heterocycles. The van der Waals surface area contributed by atoms with E-state index in [4.69, 9.17) is 10.5 Å². The van der Waals surface area contributed by atoms with Gasteiger partial charge in [0.1, 0.15) is 5.75 Å². The number of carbonyl (C=O) groups excluding carboxylic acids is 1. The number of carbonyl (C=O) groups is 1. The molecule has 0 aliphatic rings. The molecule has 0 saturated heterocycles. The summed E-state index contributed by atoms with van der Waals surface area (Å²) in [6, 6.07) is 16.5. The quantitative estimate of drug-likeness (QED) is 0.815. The smallest absolute Gasteiger partial charge is 0.241 e. The van der Waals surface area contributed by atoms with E-state index in [9.17, 15) is 4.79 Å². The monoisotopic (exact) mass is 334 g/mol. The molecule has 0 heterocycles. The van der Waals surface area contributed by atoms with Crippen LogP contribution in [-0.4, -0.2) is 18.6 Å². The van der Waals surface area contributed by atoms with Crippen LogP contribution in [0.5, 0.6) is 5.75 Å². The van der Waals surface area contributed by atoms with Gasteiger partial charge in [0, 0.05) is 5.69 Å². The van der Waals surface area contributed by atoms with Crippen molar-refractivity contribution in [3.05, 3.63) is 60.2 Å². The lowest BCUT2D eigenvalue weighted by Crippen LogP contribution is -2.37. The lowest BCUT2D eigenvalue weighted by Gasteiger charge is -2.13. The molecule has 2 aromatic carbocycles. The standard InChI is InChI=1S/C18H22N2O2.ClH/c1-2-12-22-16-10-8-15(9-11-16)20-18(21)17(19)13-14-6-4-3-5-7-14;/h3-11,17H,2,12-13,19H2,1H3,(H,20,21);1H/t17-;/m0./s1. The zero-order chi connectivity index (χ0) is 15.8. The molecule has 0 saturated carbocycles. The lowest BCUT2D eigenvalue weighted by atomic mass is 10.1. The molecule has 2 rings (SSSR count). The van der Waals surface area contributed by atoms with Crippen molar-refractivity contribution < 1.29 is 9.53 Å². The summed E-state index contributed by atoms with van der Waals surface area (Å²) in [6.45, 7) is 2.75. The first-order chi connectivity index (χ1) is 10.7. The summed E-state index contributed by atoms with van der Waals surface area (Å²) in [6.07, 6.45) is 1.48. The predicted octanol–water partition coefficient (Wildman–Crippen LogP) is 3.41. The topological polar surface area (TPSA) is 64.3 Å². The Kier molecular flexibility index (Phi) is 8.16. The van der Waals surface area contributed by atoms with Gasteiger partial charge < -0.3 is 15.8 Å². The summed E-state index contributed by atoms with van der Waals surface area (Å²) in [5, 5.41) is 2.83. The van der Waals surface area contributed by atoms with Crippen LogP contribution in [0, 0.1) is 0 Å². The molecule has 0 radical (unpaired) electrons. The van der Waals surface area contributed by atoms with E-state index < -0.39 is 6.04 Å². The molecule has 0 fully saturated rings. The van der Waals surface area contributed by atoms with Gasteiger partial charge in [0.15, 0.2) is 0 Å². The Morgan fingerprint density at radius 1 is 1.13 bits per heavy atom. The number of hydrogen-bond acceptors (Lipinski definition) is 3. The van der Waals surface area contributed by atoms with Crippen molar-refractivity contribution in [1.82, 2.24) is 0 Å². The van der Waals surface area contributed by atoms with Crippen LogP contribution >= 0.6 is 12.4 Å². The van der Waals surface area contributed by atoms with Gasteiger partial charge in [-0.1, -0.05) is 37.3 Å². The molecule has 0 unspecified atom stereocenters. The number of nitrogens with one attached hydrogen (secondary N) is 1. The first-order valence-electron chi connectivity index (χ1n) is 7.52. The summed E-state index contributed by atoms with van der Waals surface area (Å²) in [7, 11) is 0. The summed E-state index contributed by atoms with van der Waals surface area (Å²) in [5.74, 6) is 0.611. The van der Waals surface area contributed by atoms with Gasteiger partial charge in [-0.05, 0) is 42.7 Å². The Hall–Kier alpha value is -2.04. The second-order valence-electron chi connectivity index (χ2n) is 5.16. The Morgan fingerprint density at radius 2 is 1.78 bits per heavy atom. The van der Waals surface area contributed by atoms with Crippen LogP contribution in [0.3, 0.4) is 0 Å².